The summed E-state index contributed by atoms with van der Waals surface area (Å²) >= 11 is 3.54. The summed E-state index contributed by atoms with van der Waals surface area (Å²) in [5, 5.41) is 4.73. The van der Waals surface area contributed by atoms with E-state index in [1.807, 2.05) is 12.1 Å². The molecule has 3 unspecified atom stereocenters. The van der Waals surface area contributed by atoms with Gasteiger partial charge in [-0.05, 0) is 55.2 Å². The molecular formula is C17H20BrN3. The molecule has 2 aliphatic carbocycles. The molecule has 2 fully saturated rings. The first-order valence-corrected chi connectivity index (χ1v) is 8.57. The van der Waals surface area contributed by atoms with Gasteiger partial charge in [0.15, 0.2) is 0 Å². The van der Waals surface area contributed by atoms with Gasteiger partial charge in [0, 0.05) is 16.4 Å². The second kappa shape index (κ2) is 5.16. The highest BCUT2D eigenvalue weighted by atomic mass is 79.9. The van der Waals surface area contributed by atoms with Crippen molar-refractivity contribution >= 4 is 38.2 Å². The first-order valence-electron chi connectivity index (χ1n) is 7.78. The van der Waals surface area contributed by atoms with E-state index < -0.39 is 0 Å². The van der Waals surface area contributed by atoms with E-state index >= 15 is 0 Å². The number of hydrogen-bond acceptors (Lipinski definition) is 3. The van der Waals surface area contributed by atoms with Crippen molar-refractivity contribution in [3.8, 4) is 0 Å². The highest BCUT2D eigenvalue weighted by molar-refractivity contribution is 9.10. The molecule has 110 valence electrons. The normalized spacial score (nSPS) is 27.4. The summed E-state index contributed by atoms with van der Waals surface area (Å²) in [6.07, 6.45) is 7.48. The molecule has 1 aromatic heterocycles. The van der Waals surface area contributed by atoms with Crippen molar-refractivity contribution in [2.75, 3.05) is 17.6 Å². The number of nitrogens with two attached hydrogens (primary N) is 1. The maximum atomic E-state index is 6.16. The van der Waals surface area contributed by atoms with Crippen LogP contribution in [0.4, 0.5) is 11.4 Å². The number of nitrogens with zero attached hydrogens (tertiary/aromatic N) is 1. The molecule has 0 radical (unpaired) electrons. The molecule has 0 saturated heterocycles. The summed E-state index contributed by atoms with van der Waals surface area (Å²) in [6, 6.07) is 6.15. The second-order valence-electron chi connectivity index (χ2n) is 6.57. The van der Waals surface area contributed by atoms with E-state index in [1.54, 1.807) is 6.20 Å². The van der Waals surface area contributed by atoms with Gasteiger partial charge >= 0.3 is 0 Å². The predicted molar refractivity (Wildman–Crippen MR) is 91.3 cm³/mol. The number of nitrogens with one attached hydrogen (secondary N) is 1. The maximum absolute atomic E-state index is 6.16. The summed E-state index contributed by atoms with van der Waals surface area (Å²) in [4.78, 5) is 4.41. The van der Waals surface area contributed by atoms with Crippen LogP contribution in [-0.2, 0) is 0 Å². The van der Waals surface area contributed by atoms with Crippen LogP contribution in [0.15, 0.2) is 28.9 Å². The van der Waals surface area contributed by atoms with Crippen LogP contribution in [0.5, 0.6) is 0 Å². The molecule has 0 aliphatic heterocycles. The van der Waals surface area contributed by atoms with Crippen LogP contribution in [-0.4, -0.2) is 11.5 Å². The van der Waals surface area contributed by atoms with Gasteiger partial charge in [0.25, 0.3) is 0 Å². The van der Waals surface area contributed by atoms with Gasteiger partial charge in [-0.3, -0.25) is 4.98 Å². The number of fused-ring (bicyclic) bond motifs is 3. The van der Waals surface area contributed by atoms with Crippen molar-refractivity contribution in [3.63, 3.8) is 0 Å². The van der Waals surface area contributed by atoms with Crippen LogP contribution in [0.2, 0.25) is 0 Å². The van der Waals surface area contributed by atoms with Crippen molar-refractivity contribution in [1.29, 1.82) is 0 Å². The number of rotatable bonds is 3. The number of anilines is 2. The molecule has 0 amide bonds. The molecule has 1 aromatic carbocycles. The molecule has 4 rings (SSSR count). The Balaban J connectivity index is 1.60. The number of benzene rings is 1. The average molecular weight is 346 g/mol. The molecule has 3 atom stereocenters. The Morgan fingerprint density at radius 2 is 2.19 bits per heavy atom. The van der Waals surface area contributed by atoms with Crippen LogP contribution in [0.3, 0.4) is 0 Å². The summed E-state index contributed by atoms with van der Waals surface area (Å²) in [6.45, 7) is 1.04. The fourth-order valence-corrected chi connectivity index (χ4v) is 4.60. The van der Waals surface area contributed by atoms with Crippen LogP contribution < -0.4 is 11.1 Å². The predicted octanol–water partition coefficient (Wildman–Crippen LogP) is 4.43. The van der Waals surface area contributed by atoms with E-state index in [-0.39, 0.29) is 0 Å². The SMILES string of the molecule is Nc1cnc2ccc(Br)cc2c1NCC1CC2CCC1C2. The molecule has 21 heavy (non-hydrogen) atoms. The maximum Gasteiger partial charge on any atom is 0.0743 e. The van der Waals surface area contributed by atoms with E-state index in [0.717, 1.165) is 51.0 Å². The van der Waals surface area contributed by atoms with Crippen molar-refractivity contribution in [2.24, 2.45) is 17.8 Å². The monoisotopic (exact) mass is 345 g/mol. The van der Waals surface area contributed by atoms with E-state index in [0.29, 0.717) is 0 Å². The third-order valence-corrected chi connectivity index (χ3v) is 5.78. The van der Waals surface area contributed by atoms with Crippen LogP contribution in [0.25, 0.3) is 10.9 Å². The molecule has 4 heteroatoms. The van der Waals surface area contributed by atoms with Gasteiger partial charge in [0.1, 0.15) is 0 Å². The van der Waals surface area contributed by atoms with E-state index in [1.165, 1.54) is 25.7 Å². The fourth-order valence-electron chi connectivity index (χ4n) is 4.24. The molecule has 3 N–H and O–H groups in total. The zero-order valence-electron chi connectivity index (χ0n) is 12.0. The Bertz CT molecular complexity index is 680. The third kappa shape index (κ3) is 2.39. The molecule has 2 saturated carbocycles. The molecule has 2 bridgehead atoms. The van der Waals surface area contributed by atoms with Crippen molar-refractivity contribution < 1.29 is 0 Å². The van der Waals surface area contributed by atoms with Crippen molar-refractivity contribution in [2.45, 2.75) is 25.7 Å². The van der Waals surface area contributed by atoms with Crippen LogP contribution in [0.1, 0.15) is 25.7 Å². The summed E-state index contributed by atoms with van der Waals surface area (Å²) in [5.41, 5.74) is 8.93. The lowest BCUT2D eigenvalue weighted by molar-refractivity contribution is 0.348. The number of hydrogen-bond donors (Lipinski definition) is 2. The molecule has 3 nitrogen and oxygen atoms in total. The minimum absolute atomic E-state index is 0.740. The molecular weight excluding hydrogens is 326 g/mol. The molecule has 2 aromatic rings. The topological polar surface area (TPSA) is 50.9 Å². The highest BCUT2D eigenvalue weighted by Gasteiger charge is 2.39. The van der Waals surface area contributed by atoms with Gasteiger partial charge in [-0.1, -0.05) is 22.4 Å². The van der Waals surface area contributed by atoms with Gasteiger partial charge in [-0.2, -0.15) is 0 Å². The average Bonchev–Trinajstić information content (AvgIpc) is 3.09. The Kier molecular flexibility index (Phi) is 3.29. The van der Waals surface area contributed by atoms with Crippen LogP contribution >= 0.6 is 15.9 Å². The van der Waals surface area contributed by atoms with Crippen LogP contribution in [0, 0.1) is 17.8 Å². The van der Waals surface area contributed by atoms with E-state index in [4.69, 9.17) is 5.73 Å². The molecule has 2 aliphatic rings. The molecule has 0 spiro atoms. The standard InChI is InChI=1S/C17H20BrN3/c18-13-3-4-16-14(7-13)17(15(19)9-20-16)21-8-12-6-10-1-2-11(12)5-10/h3-4,7,9-12H,1-2,5-6,8,19H2,(H,20,21). The highest BCUT2D eigenvalue weighted by Crippen LogP contribution is 2.48. The Labute approximate surface area is 133 Å². The number of halogens is 1. The Morgan fingerprint density at radius 3 is 2.95 bits per heavy atom. The number of aromatic nitrogens is 1. The van der Waals surface area contributed by atoms with Gasteiger partial charge < -0.3 is 11.1 Å². The minimum Gasteiger partial charge on any atom is -0.396 e. The number of nitrogen functional groups attached to an aromatic ring is 1. The van der Waals surface area contributed by atoms with E-state index in [9.17, 15) is 0 Å². The lowest BCUT2D eigenvalue weighted by Crippen LogP contribution is -2.20. The second-order valence-corrected chi connectivity index (χ2v) is 7.48. The van der Waals surface area contributed by atoms with Crippen molar-refractivity contribution in [1.82, 2.24) is 4.98 Å². The smallest absolute Gasteiger partial charge is 0.0743 e. The van der Waals surface area contributed by atoms with E-state index in [2.05, 4.69) is 32.3 Å². The Hall–Kier alpha value is -1.29. The quantitative estimate of drug-likeness (QED) is 0.865. The van der Waals surface area contributed by atoms with Gasteiger partial charge in [-0.25, -0.2) is 0 Å². The molecule has 1 heterocycles. The summed E-state index contributed by atoms with van der Waals surface area (Å²) in [7, 11) is 0. The number of pyridine rings is 1. The minimum atomic E-state index is 0.740. The fraction of sp³-hybridized carbons (Fsp3) is 0.471. The summed E-state index contributed by atoms with van der Waals surface area (Å²) in [5.74, 6) is 2.74. The lowest BCUT2D eigenvalue weighted by atomic mass is 9.89. The third-order valence-electron chi connectivity index (χ3n) is 5.28. The van der Waals surface area contributed by atoms with Gasteiger partial charge in [-0.15, -0.1) is 0 Å². The largest absolute Gasteiger partial charge is 0.396 e. The first kappa shape index (κ1) is 13.4. The van der Waals surface area contributed by atoms with Crippen molar-refractivity contribution in [3.05, 3.63) is 28.9 Å². The zero-order chi connectivity index (χ0) is 14.4. The zero-order valence-corrected chi connectivity index (χ0v) is 13.6. The lowest BCUT2D eigenvalue weighted by Gasteiger charge is -2.23. The van der Waals surface area contributed by atoms with Gasteiger partial charge in [0.2, 0.25) is 0 Å². The van der Waals surface area contributed by atoms with Gasteiger partial charge in [0.05, 0.1) is 23.1 Å². The Morgan fingerprint density at radius 1 is 1.29 bits per heavy atom. The first-order chi connectivity index (χ1) is 10.2. The summed E-state index contributed by atoms with van der Waals surface area (Å²) < 4.78 is 1.06.